The van der Waals surface area contributed by atoms with Crippen LogP contribution in [0.1, 0.15) is 29.3 Å². The fraction of sp³-hybridized carbons (Fsp3) is 0.500. The molecular formula is C14H21NO2S. The lowest BCUT2D eigenvalue weighted by atomic mass is 10.1. The topological polar surface area (TPSA) is 40.5 Å². The van der Waals surface area contributed by atoms with Crippen molar-refractivity contribution >= 4 is 17.7 Å². The molecule has 18 heavy (non-hydrogen) atoms. The second-order valence-corrected chi connectivity index (χ2v) is 5.50. The maximum Gasteiger partial charge on any atom is 0.257 e. The molecule has 0 aliphatic carbocycles. The average Bonchev–Trinajstić information content (AvgIpc) is 2.37. The van der Waals surface area contributed by atoms with E-state index >= 15 is 0 Å². The fourth-order valence-electron chi connectivity index (χ4n) is 1.70. The van der Waals surface area contributed by atoms with Crippen molar-refractivity contribution in [2.24, 2.45) is 0 Å². The Labute approximate surface area is 113 Å². The van der Waals surface area contributed by atoms with Crippen molar-refractivity contribution in [2.75, 3.05) is 19.1 Å². The molecular weight excluding hydrogens is 246 g/mol. The van der Waals surface area contributed by atoms with Crippen LogP contribution < -0.4 is 0 Å². The van der Waals surface area contributed by atoms with Gasteiger partial charge < -0.3 is 10.0 Å². The molecule has 1 amide bonds. The predicted molar refractivity (Wildman–Crippen MR) is 77.4 cm³/mol. The lowest BCUT2D eigenvalue weighted by molar-refractivity contribution is 0.0738. The molecule has 3 nitrogen and oxygen atoms in total. The van der Waals surface area contributed by atoms with Crippen LogP contribution in [0.2, 0.25) is 0 Å². The molecule has 0 saturated heterocycles. The van der Waals surface area contributed by atoms with E-state index in [0.717, 1.165) is 17.7 Å². The van der Waals surface area contributed by atoms with Gasteiger partial charge in [0.15, 0.2) is 0 Å². The van der Waals surface area contributed by atoms with Gasteiger partial charge in [-0.1, -0.05) is 12.1 Å². The van der Waals surface area contributed by atoms with Crippen molar-refractivity contribution in [2.45, 2.75) is 26.3 Å². The van der Waals surface area contributed by atoms with E-state index in [4.69, 9.17) is 0 Å². The van der Waals surface area contributed by atoms with Crippen molar-refractivity contribution < 1.29 is 9.90 Å². The zero-order chi connectivity index (χ0) is 13.7. The third kappa shape index (κ3) is 3.42. The van der Waals surface area contributed by atoms with E-state index in [9.17, 15) is 9.90 Å². The molecule has 1 aromatic rings. The summed E-state index contributed by atoms with van der Waals surface area (Å²) in [6.07, 6.45) is 3.01. The molecule has 100 valence electrons. The molecule has 1 atom stereocenters. The first-order chi connectivity index (χ1) is 8.49. The second-order valence-electron chi connectivity index (χ2n) is 4.52. The highest BCUT2D eigenvalue weighted by atomic mass is 32.2. The van der Waals surface area contributed by atoms with Gasteiger partial charge in [-0.3, -0.25) is 4.79 Å². The van der Waals surface area contributed by atoms with Gasteiger partial charge in [-0.15, -0.1) is 0 Å². The molecule has 0 spiro atoms. The van der Waals surface area contributed by atoms with Crippen LogP contribution in [0, 0.1) is 6.92 Å². The standard InChI is InChI=1S/C14H21NO2S/c1-10-6-5-7-12(13(10)16)14(17)15(3)11(2)8-9-18-4/h5-7,11,16H,8-9H2,1-4H3. The summed E-state index contributed by atoms with van der Waals surface area (Å²) < 4.78 is 0. The smallest absolute Gasteiger partial charge is 0.257 e. The Balaban J connectivity index is 2.83. The maximum absolute atomic E-state index is 12.3. The first-order valence-corrected chi connectivity index (χ1v) is 7.43. The molecule has 0 heterocycles. The lowest BCUT2D eigenvalue weighted by Crippen LogP contribution is -2.35. The summed E-state index contributed by atoms with van der Waals surface area (Å²) in [5.41, 5.74) is 1.11. The lowest BCUT2D eigenvalue weighted by Gasteiger charge is -2.25. The third-order valence-corrected chi connectivity index (χ3v) is 3.83. The van der Waals surface area contributed by atoms with E-state index in [0.29, 0.717) is 5.56 Å². The highest BCUT2D eigenvalue weighted by molar-refractivity contribution is 7.98. The number of benzene rings is 1. The van der Waals surface area contributed by atoms with Crippen LogP contribution in [-0.2, 0) is 0 Å². The Morgan fingerprint density at radius 1 is 1.50 bits per heavy atom. The number of amides is 1. The average molecular weight is 267 g/mol. The van der Waals surface area contributed by atoms with Gasteiger partial charge in [0.2, 0.25) is 0 Å². The van der Waals surface area contributed by atoms with Gasteiger partial charge in [0.1, 0.15) is 5.75 Å². The van der Waals surface area contributed by atoms with E-state index in [-0.39, 0.29) is 17.7 Å². The number of phenols is 1. The van der Waals surface area contributed by atoms with Gasteiger partial charge in [-0.05, 0) is 43.9 Å². The molecule has 0 radical (unpaired) electrons. The van der Waals surface area contributed by atoms with Crippen LogP contribution in [-0.4, -0.2) is 41.0 Å². The number of carbonyl (C=O) groups is 1. The highest BCUT2D eigenvalue weighted by Crippen LogP contribution is 2.23. The Morgan fingerprint density at radius 2 is 2.17 bits per heavy atom. The summed E-state index contributed by atoms with van der Waals surface area (Å²) in [5.74, 6) is 0.995. The first-order valence-electron chi connectivity index (χ1n) is 6.03. The van der Waals surface area contributed by atoms with E-state index in [1.807, 2.05) is 6.92 Å². The molecule has 0 aliphatic rings. The van der Waals surface area contributed by atoms with Crippen molar-refractivity contribution in [3.05, 3.63) is 29.3 Å². The number of aryl methyl sites for hydroxylation is 1. The van der Waals surface area contributed by atoms with Crippen LogP contribution >= 0.6 is 11.8 Å². The van der Waals surface area contributed by atoms with Crippen molar-refractivity contribution in [3.8, 4) is 5.75 Å². The van der Waals surface area contributed by atoms with Crippen molar-refractivity contribution in [1.29, 1.82) is 0 Å². The summed E-state index contributed by atoms with van der Waals surface area (Å²) in [5, 5.41) is 9.92. The summed E-state index contributed by atoms with van der Waals surface area (Å²) >= 11 is 1.77. The minimum Gasteiger partial charge on any atom is -0.507 e. The molecule has 0 fully saturated rings. The van der Waals surface area contributed by atoms with Gasteiger partial charge in [0.05, 0.1) is 5.56 Å². The molecule has 1 unspecified atom stereocenters. The minimum absolute atomic E-state index is 0.0893. The first kappa shape index (κ1) is 14.9. The number of rotatable bonds is 5. The van der Waals surface area contributed by atoms with Gasteiger partial charge in [0, 0.05) is 13.1 Å². The van der Waals surface area contributed by atoms with Crippen molar-refractivity contribution in [1.82, 2.24) is 4.90 Å². The number of para-hydroxylation sites is 1. The zero-order valence-corrected chi connectivity index (χ0v) is 12.3. The number of carbonyl (C=O) groups excluding carboxylic acids is 1. The summed E-state index contributed by atoms with van der Waals surface area (Å²) in [6.45, 7) is 3.82. The Kier molecular flexibility index (Phi) is 5.54. The van der Waals surface area contributed by atoms with Crippen LogP contribution in [0.3, 0.4) is 0 Å². The van der Waals surface area contributed by atoms with E-state index < -0.39 is 0 Å². The molecule has 0 aromatic heterocycles. The van der Waals surface area contributed by atoms with Gasteiger partial charge in [-0.2, -0.15) is 11.8 Å². The van der Waals surface area contributed by atoms with Crippen LogP contribution in [0.4, 0.5) is 0 Å². The van der Waals surface area contributed by atoms with Crippen LogP contribution in [0.25, 0.3) is 0 Å². The minimum atomic E-state index is -0.121. The largest absolute Gasteiger partial charge is 0.507 e. The summed E-state index contributed by atoms with van der Waals surface area (Å²) in [7, 11) is 1.79. The number of aromatic hydroxyl groups is 1. The summed E-state index contributed by atoms with van der Waals surface area (Å²) in [6, 6.07) is 5.43. The van der Waals surface area contributed by atoms with Gasteiger partial charge in [0.25, 0.3) is 5.91 Å². The normalized spacial score (nSPS) is 12.2. The van der Waals surface area contributed by atoms with Crippen molar-refractivity contribution in [3.63, 3.8) is 0 Å². The quantitative estimate of drug-likeness (QED) is 0.891. The predicted octanol–water partition coefficient (Wildman–Crippen LogP) is 2.91. The van der Waals surface area contributed by atoms with E-state index in [2.05, 4.69) is 6.26 Å². The molecule has 1 aromatic carbocycles. The molecule has 0 bridgehead atoms. The highest BCUT2D eigenvalue weighted by Gasteiger charge is 2.20. The maximum atomic E-state index is 12.3. The SMILES string of the molecule is CSCCC(C)N(C)C(=O)c1cccc(C)c1O. The van der Waals surface area contributed by atoms with Crippen LogP contribution in [0.5, 0.6) is 5.75 Å². The molecule has 0 aliphatic heterocycles. The summed E-state index contributed by atoms with van der Waals surface area (Å²) in [4.78, 5) is 14.0. The second kappa shape index (κ2) is 6.69. The number of hydrogen-bond donors (Lipinski definition) is 1. The molecule has 4 heteroatoms. The number of hydrogen-bond acceptors (Lipinski definition) is 3. The zero-order valence-electron chi connectivity index (χ0n) is 11.4. The Morgan fingerprint density at radius 3 is 2.78 bits per heavy atom. The molecule has 1 rings (SSSR count). The Hall–Kier alpha value is -1.16. The van der Waals surface area contributed by atoms with Gasteiger partial charge >= 0.3 is 0 Å². The number of phenolic OH excluding ortho intramolecular Hbond substituents is 1. The monoisotopic (exact) mass is 267 g/mol. The van der Waals surface area contributed by atoms with Gasteiger partial charge in [-0.25, -0.2) is 0 Å². The number of nitrogens with zero attached hydrogens (tertiary/aromatic N) is 1. The van der Waals surface area contributed by atoms with E-state index in [1.54, 1.807) is 48.8 Å². The number of thioether (sulfide) groups is 1. The van der Waals surface area contributed by atoms with Crippen LogP contribution in [0.15, 0.2) is 18.2 Å². The molecule has 0 saturated carbocycles. The van der Waals surface area contributed by atoms with E-state index in [1.165, 1.54) is 0 Å². The molecule has 1 N–H and O–H groups in total. The third-order valence-electron chi connectivity index (χ3n) is 3.19. The Bertz CT molecular complexity index is 420. The fourth-order valence-corrected chi connectivity index (χ4v) is 2.28.